The van der Waals surface area contributed by atoms with Gasteiger partial charge in [-0.15, -0.1) is 35.3 Å². The molecule has 1 atom stereocenters. The van der Waals surface area contributed by atoms with Crippen molar-refractivity contribution in [3.8, 4) is 0 Å². The van der Waals surface area contributed by atoms with Crippen LogP contribution in [-0.4, -0.2) is 43.7 Å². The number of nitrogens with one attached hydrogen (secondary N) is 2. The number of aliphatic imine (C=N–C) groups is 1. The molecule has 3 rings (SSSR count). The van der Waals surface area contributed by atoms with Gasteiger partial charge in [0.1, 0.15) is 0 Å². The molecule has 7 heteroatoms. The number of halogens is 1. The van der Waals surface area contributed by atoms with Gasteiger partial charge in [-0.1, -0.05) is 24.6 Å². The molecular formula is C20H30IN5S. The van der Waals surface area contributed by atoms with Crippen LogP contribution in [0.25, 0.3) is 0 Å². The molecule has 0 radical (unpaired) electrons. The fourth-order valence-corrected chi connectivity index (χ4v) is 3.97. The third-order valence-corrected chi connectivity index (χ3v) is 5.77. The summed E-state index contributed by atoms with van der Waals surface area (Å²) >= 11 is 1.75. The number of hydrogen-bond acceptors (Lipinski definition) is 4. The van der Waals surface area contributed by atoms with Crippen LogP contribution >= 0.6 is 35.3 Å². The lowest BCUT2D eigenvalue weighted by Crippen LogP contribution is -2.45. The lowest BCUT2D eigenvalue weighted by Gasteiger charge is -2.20. The van der Waals surface area contributed by atoms with Crippen molar-refractivity contribution in [3.63, 3.8) is 0 Å². The van der Waals surface area contributed by atoms with Crippen LogP contribution in [0.2, 0.25) is 0 Å². The highest BCUT2D eigenvalue weighted by Crippen LogP contribution is 2.20. The molecule has 1 unspecified atom stereocenters. The van der Waals surface area contributed by atoms with E-state index in [1.165, 1.54) is 22.0 Å². The van der Waals surface area contributed by atoms with E-state index in [0.29, 0.717) is 6.04 Å². The van der Waals surface area contributed by atoms with E-state index >= 15 is 0 Å². The van der Waals surface area contributed by atoms with Gasteiger partial charge in [0.25, 0.3) is 0 Å². The molecular weight excluding hydrogens is 469 g/mol. The molecule has 1 aliphatic rings. The molecule has 1 saturated heterocycles. The first kappa shape index (κ1) is 21.9. The van der Waals surface area contributed by atoms with Crippen LogP contribution in [0.15, 0.2) is 34.6 Å². The summed E-state index contributed by atoms with van der Waals surface area (Å²) in [5.41, 5.74) is 3.78. The molecule has 2 aromatic rings. The highest BCUT2D eigenvalue weighted by Gasteiger charge is 2.23. The van der Waals surface area contributed by atoms with Crippen molar-refractivity contribution in [3.05, 3.63) is 45.9 Å². The number of hydrogen-bond donors (Lipinski definition) is 2. The molecule has 2 heterocycles. The van der Waals surface area contributed by atoms with Gasteiger partial charge < -0.3 is 15.5 Å². The van der Waals surface area contributed by atoms with Gasteiger partial charge in [-0.3, -0.25) is 4.99 Å². The molecule has 0 amide bonds. The summed E-state index contributed by atoms with van der Waals surface area (Å²) in [5, 5.41) is 10.4. The van der Waals surface area contributed by atoms with E-state index in [9.17, 15) is 0 Å². The van der Waals surface area contributed by atoms with Crippen molar-refractivity contribution in [1.82, 2.24) is 15.6 Å². The van der Waals surface area contributed by atoms with Crippen molar-refractivity contribution in [2.75, 3.05) is 31.6 Å². The fraction of sp³-hybridized carbons (Fsp3) is 0.500. The molecule has 0 saturated carbocycles. The minimum Gasteiger partial charge on any atom is -0.369 e. The van der Waals surface area contributed by atoms with Crippen LogP contribution in [0, 0.1) is 6.92 Å². The van der Waals surface area contributed by atoms with Crippen LogP contribution in [0.1, 0.15) is 29.6 Å². The first-order valence-corrected chi connectivity index (χ1v) is 10.3. The zero-order valence-corrected chi connectivity index (χ0v) is 19.5. The number of rotatable bonds is 6. The van der Waals surface area contributed by atoms with Crippen LogP contribution in [0.3, 0.4) is 0 Å². The molecule has 1 aromatic carbocycles. The maximum Gasteiger partial charge on any atom is 0.191 e. The van der Waals surface area contributed by atoms with Gasteiger partial charge in [0.2, 0.25) is 0 Å². The number of guanidine groups is 1. The van der Waals surface area contributed by atoms with Gasteiger partial charge in [-0.05, 0) is 31.9 Å². The van der Waals surface area contributed by atoms with Gasteiger partial charge >= 0.3 is 0 Å². The molecule has 27 heavy (non-hydrogen) atoms. The summed E-state index contributed by atoms with van der Waals surface area (Å²) in [5.74, 6) is 0.881. The third-order valence-electron chi connectivity index (χ3n) is 4.73. The molecule has 0 spiro atoms. The molecule has 1 aliphatic heterocycles. The number of aromatic nitrogens is 1. The first-order valence-electron chi connectivity index (χ1n) is 9.40. The van der Waals surface area contributed by atoms with E-state index in [-0.39, 0.29) is 24.0 Å². The Morgan fingerprint density at radius 3 is 2.78 bits per heavy atom. The predicted molar refractivity (Wildman–Crippen MR) is 127 cm³/mol. The van der Waals surface area contributed by atoms with E-state index in [0.717, 1.165) is 44.9 Å². The van der Waals surface area contributed by atoms with Gasteiger partial charge in [0.05, 0.1) is 10.7 Å². The summed E-state index contributed by atoms with van der Waals surface area (Å²) < 4.78 is 0. The van der Waals surface area contributed by atoms with E-state index in [1.54, 1.807) is 11.3 Å². The standard InChI is InChI=1S/C20H29N5S.HI/c1-4-19-23-17(14-26-19)9-11-22-20(21-3)24-16-10-12-25(13-16)18-7-5-15(2)6-8-18;/h5-8,14,16H,4,9-13H2,1-3H3,(H2,21,22,24);1H. The minimum absolute atomic E-state index is 0. The maximum atomic E-state index is 4.62. The highest BCUT2D eigenvalue weighted by atomic mass is 127. The summed E-state index contributed by atoms with van der Waals surface area (Å²) in [6.45, 7) is 7.21. The summed E-state index contributed by atoms with van der Waals surface area (Å²) in [6.07, 6.45) is 3.07. The first-order chi connectivity index (χ1) is 12.7. The Balaban J connectivity index is 0.00000261. The SMILES string of the molecule is CCc1nc(CCNC(=NC)NC2CCN(c3ccc(C)cc3)C2)cs1.I. The second kappa shape index (κ2) is 10.8. The molecule has 1 aromatic heterocycles. The fourth-order valence-electron chi connectivity index (χ4n) is 3.19. The monoisotopic (exact) mass is 499 g/mol. The van der Waals surface area contributed by atoms with E-state index in [4.69, 9.17) is 0 Å². The van der Waals surface area contributed by atoms with Crippen molar-refractivity contribution in [2.45, 2.75) is 39.2 Å². The van der Waals surface area contributed by atoms with Crippen LogP contribution in [0.5, 0.6) is 0 Å². The van der Waals surface area contributed by atoms with E-state index in [2.05, 4.69) is 69.0 Å². The average molecular weight is 499 g/mol. The summed E-state index contributed by atoms with van der Waals surface area (Å²) in [6, 6.07) is 9.21. The van der Waals surface area contributed by atoms with Gasteiger partial charge in [0, 0.05) is 50.2 Å². The average Bonchev–Trinajstić information content (AvgIpc) is 3.31. The Morgan fingerprint density at radius 1 is 1.33 bits per heavy atom. The Labute approximate surface area is 183 Å². The number of thiazole rings is 1. The molecule has 148 valence electrons. The van der Waals surface area contributed by atoms with Crippen molar-refractivity contribution >= 4 is 47.0 Å². The number of nitrogens with zero attached hydrogens (tertiary/aromatic N) is 3. The molecule has 0 aliphatic carbocycles. The second-order valence-corrected chi connectivity index (χ2v) is 7.69. The Kier molecular flexibility index (Phi) is 8.82. The molecule has 5 nitrogen and oxygen atoms in total. The summed E-state index contributed by atoms with van der Waals surface area (Å²) in [7, 11) is 1.83. The van der Waals surface area contributed by atoms with Gasteiger partial charge in [-0.2, -0.15) is 0 Å². The quantitative estimate of drug-likeness (QED) is 0.362. The van der Waals surface area contributed by atoms with Crippen molar-refractivity contribution < 1.29 is 0 Å². The van der Waals surface area contributed by atoms with Crippen molar-refractivity contribution in [1.29, 1.82) is 0 Å². The predicted octanol–water partition coefficient (Wildman–Crippen LogP) is 3.62. The van der Waals surface area contributed by atoms with Crippen LogP contribution in [0.4, 0.5) is 5.69 Å². The second-order valence-electron chi connectivity index (χ2n) is 6.75. The highest BCUT2D eigenvalue weighted by molar-refractivity contribution is 14.0. The summed E-state index contributed by atoms with van der Waals surface area (Å²) in [4.78, 5) is 11.4. The maximum absolute atomic E-state index is 4.62. The normalized spacial score (nSPS) is 16.9. The van der Waals surface area contributed by atoms with Crippen molar-refractivity contribution in [2.24, 2.45) is 4.99 Å². The number of anilines is 1. The van der Waals surface area contributed by atoms with E-state index in [1.807, 2.05) is 7.05 Å². The zero-order chi connectivity index (χ0) is 18.4. The number of aryl methyl sites for hydroxylation is 2. The van der Waals surface area contributed by atoms with Crippen LogP contribution in [-0.2, 0) is 12.8 Å². The topological polar surface area (TPSA) is 52.6 Å². The Morgan fingerprint density at radius 2 is 2.11 bits per heavy atom. The third kappa shape index (κ3) is 6.34. The molecule has 0 bridgehead atoms. The van der Waals surface area contributed by atoms with E-state index < -0.39 is 0 Å². The van der Waals surface area contributed by atoms with Gasteiger partial charge in [0.15, 0.2) is 5.96 Å². The van der Waals surface area contributed by atoms with Gasteiger partial charge in [-0.25, -0.2) is 4.98 Å². The molecule has 2 N–H and O–H groups in total. The largest absolute Gasteiger partial charge is 0.369 e. The lowest BCUT2D eigenvalue weighted by atomic mass is 10.2. The Hall–Kier alpha value is -1.35. The molecule has 1 fully saturated rings. The zero-order valence-electron chi connectivity index (χ0n) is 16.4. The lowest BCUT2D eigenvalue weighted by molar-refractivity contribution is 0.647. The smallest absolute Gasteiger partial charge is 0.191 e. The Bertz CT molecular complexity index is 728. The number of benzene rings is 1. The van der Waals surface area contributed by atoms with Crippen LogP contribution < -0.4 is 15.5 Å². The minimum atomic E-state index is 0.